The number of thiazole rings is 1. The van der Waals surface area contributed by atoms with Crippen LogP contribution in [0, 0.1) is 16.7 Å². The molecule has 188 valence electrons. The molecule has 11 heteroatoms. The lowest BCUT2D eigenvalue weighted by molar-refractivity contribution is -0.157. The number of halogens is 4. The number of carbonyl (C=O) groups is 1. The number of carboxylic acids is 1. The lowest BCUT2D eigenvalue weighted by Gasteiger charge is -2.48. The zero-order valence-corrected chi connectivity index (χ0v) is 20.1. The summed E-state index contributed by atoms with van der Waals surface area (Å²) >= 11 is 1.27. The third-order valence-electron chi connectivity index (χ3n) is 6.31. The number of ether oxygens (including phenoxy) is 1. The Hall–Kier alpha value is -2.27. The standard InChI is InChI=1S/C23H29F4N3O3S/c1-22(2,3)14-9-23(20(31)32,7-6-17(24)25)13-30(11-14)12-18-29-10-16(34-18)15-5-4-8-28-19(15)33-21(26)27/h4-5,8,10,14,17,21H,6-7,9,11-13H2,1-3H3,(H,31,32)/t14-,23-/m1/s1. The van der Waals surface area contributed by atoms with Crippen LogP contribution in [0.25, 0.3) is 10.4 Å². The molecule has 34 heavy (non-hydrogen) atoms. The Morgan fingerprint density at radius 1 is 1.32 bits per heavy atom. The lowest BCUT2D eigenvalue weighted by atomic mass is 9.65. The normalized spacial score (nSPS) is 21.9. The van der Waals surface area contributed by atoms with E-state index in [1.165, 1.54) is 17.5 Å². The number of likely N-dealkylation sites (tertiary alicyclic amines) is 1. The van der Waals surface area contributed by atoms with Gasteiger partial charge in [-0.3, -0.25) is 9.69 Å². The number of hydrogen-bond acceptors (Lipinski definition) is 6. The number of rotatable bonds is 9. The van der Waals surface area contributed by atoms with Gasteiger partial charge in [0.15, 0.2) is 0 Å². The van der Waals surface area contributed by atoms with Gasteiger partial charge in [0.2, 0.25) is 12.3 Å². The Kier molecular flexibility index (Phi) is 8.18. The molecule has 3 heterocycles. The molecule has 3 rings (SSSR count). The highest BCUT2D eigenvalue weighted by Gasteiger charge is 2.48. The van der Waals surface area contributed by atoms with E-state index in [1.807, 2.05) is 25.7 Å². The van der Waals surface area contributed by atoms with Crippen molar-refractivity contribution in [2.45, 2.75) is 59.6 Å². The van der Waals surface area contributed by atoms with E-state index in [0.29, 0.717) is 35.0 Å². The molecule has 2 aromatic heterocycles. The molecule has 0 aliphatic carbocycles. The molecule has 0 unspecified atom stereocenters. The maximum atomic E-state index is 13.0. The summed E-state index contributed by atoms with van der Waals surface area (Å²) in [5.74, 6) is -1.27. The first-order valence-electron chi connectivity index (χ1n) is 11.0. The molecule has 0 spiro atoms. The van der Waals surface area contributed by atoms with Gasteiger partial charge in [-0.1, -0.05) is 20.8 Å². The largest absolute Gasteiger partial charge is 0.481 e. The van der Waals surface area contributed by atoms with Crippen LogP contribution in [0.3, 0.4) is 0 Å². The van der Waals surface area contributed by atoms with Crippen LogP contribution in [0.2, 0.25) is 0 Å². The fourth-order valence-corrected chi connectivity index (χ4v) is 5.37. The van der Waals surface area contributed by atoms with E-state index < -0.39 is 30.8 Å². The molecule has 1 aliphatic rings. The molecule has 0 bridgehead atoms. The van der Waals surface area contributed by atoms with Gasteiger partial charge in [0.25, 0.3) is 0 Å². The first kappa shape index (κ1) is 26.3. The summed E-state index contributed by atoms with van der Waals surface area (Å²) in [6.07, 6.45) is 0.103. The van der Waals surface area contributed by atoms with Crippen molar-refractivity contribution in [2.75, 3.05) is 13.1 Å². The molecular formula is C23H29F4N3O3S. The molecular weight excluding hydrogens is 474 g/mol. The maximum Gasteiger partial charge on any atom is 0.388 e. The summed E-state index contributed by atoms with van der Waals surface area (Å²) in [6.45, 7) is 4.13. The number of aliphatic carboxylic acids is 1. The minimum Gasteiger partial charge on any atom is -0.481 e. The van der Waals surface area contributed by atoms with Crippen LogP contribution in [0.15, 0.2) is 24.5 Å². The Morgan fingerprint density at radius 2 is 2.06 bits per heavy atom. The molecule has 0 aromatic carbocycles. The molecule has 1 N–H and O–H groups in total. The summed E-state index contributed by atoms with van der Waals surface area (Å²) in [5, 5.41) is 10.7. The quantitative estimate of drug-likeness (QED) is 0.437. The Bertz CT molecular complexity index is 982. The van der Waals surface area contributed by atoms with Crippen molar-refractivity contribution < 1.29 is 32.2 Å². The van der Waals surface area contributed by atoms with E-state index in [-0.39, 0.29) is 30.2 Å². The minimum atomic E-state index is -3.01. The second-order valence-corrected chi connectivity index (χ2v) is 10.9. The van der Waals surface area contributed by atoms with Gasteiger partial charge < -0.3 is 9.84 Å². The van der Waals surface area contributed by atoms with Gasteiger partial charge in [-0.25, -0.2) is 18.7 Å². The molecule has 0 radical (unpaired) electrons. The third kappa shape index (κ3) is 6.44. The molecule has 1 aliphatic heterocycles. The SMILES string of the molecule is CC(C)(C)[C@H]1CN(Cc2ncc(-c3cccnc3OC(F)F)s2)C[C@](CCC(F)F)(C(=O)O)C1. The Morgan fingerprint density at radius 3 is 2.68 bits per heavy atom. The summed E-state index contributed by atoms with van der Waals surface area (Å²) < 4.78 is 56.0. The van der Waals surface area contributed by atoms with E-state index in [4.69, 9.17) is 0 Å². The van der Waals surface area contributed by atoms with Crippen molar-refractivity contribution in [3.63, 3.8) is 0 Å². The van der Waals surface area contributed by atoms with Crippen LogP contribution in [-0.4, -0.2) is 52.1 Å². The zero-order valence-electron chi connectivity index (χ0n) is 19.3. The maximum absolute atomic E-state index is 13.0. The summed E-state index contributed by atoms with van der Waals surface area (Å²) in [5.41, 5.74) is -1.10. The van der Waals surface area contributed by atoms with E-state index in [0.717, 1.165) is 0 Å². The second kappa shape index (κ2) is 10.6. The summed E-state index contributed by atoms with van der Waals surface area (Å²) in [6, 6.07) is 3.22. The molecule has 2 aromatic rings. The number of carboxylic acid groups (broad SMARTS) is 1. The van der Waals surface area contributed by atoms with Gasteiger partial charge in [0.1, 0.15) is 5.01 Å². The van der Waals surface area contributed by atoms with Gasteiger partial charge in [0, 0.05) is 31.9 Å². The van der Waals surface area contributed by atoms with E-state index >= 15 is 0 Å². The fourth-order valence-electron chi connectivity index (χ4n) is 4.39. The summed E-state index contributed by atoms with van der Waals surface area (Å²) in [4.78, 5) is 23.1. The predicted octanol–water partition coefficient (Wildman–Crippen LogP) is 5.79. The van der Waals surface area contributed by atoms with Crippen molar-refractivity contribution in [3.8, 4) is 16.3 Å². The van der Waals surface area contributed by atoms with Crippen LogP contribution in [0.1, 0.15) is 45.0 Å². The van der Waals surface area contributed by atoms with Gasteiger partial charge in [-0.15, -0.1) is 11.3 Å². The van der Waals surface area contributed by atoms with E-state index in [2.05, 4.69) is 14.7 Å². The topological polar surface area (TPSA) is 75.5 Å². The van der Waals surface area contributed by atoms with Crippen LogP contribution in [0.5, 0.6) is 5.88 Å². The zero-order chi connectivity index (χ0) is 25.1. The van der Waals surface area contributed by atoms with Crippen molar-refractivity contribution >= 4 is 17.3 Å². The van der Waals surface area contributed by atoms with Crippen molar-refractivity contribution in [1.82, 2.24) is 14.9 Å². The number of pyridine rings is 1. The van der Waals surface area contributed by atoms with E-state index in [1.54, 1.807) is 18.3 Å². The highest BCUT2D eigenvalue weighted by atomic mass is 32.1. The lowest BCUT2D eigenvalue weighted by Crippen LogP contribution is -2.53. The summed E-state index contributed by atoms with van der Waals surface area (Å²) in [7, 11) is 0. The monoisotopic (exact) mass is 503 g/mol. The third-order valence-corrected chi connectivity index (χ3v) is 7.33. The second-order valence-electron chi connectivity index (χ2n) is 9.80. The van der Waals surface area contributed by atoms with Gasteiger partial charge in [0.05, 0.1) is 22.4 Å². The van der Waals surface area contributed by atoms with Crippen LogP contribution >= 0.6 is 11.3 Å². The Labute approximate surface area is 200 Å². The fraction of sp³-hybridized carbons (Fsp3) is 0.609. The molecule has 2 atom stereocenters. The van der Waals surface area contributed by atoms with Crippen molar-refractivity contribution in [2.24, 2.45) is 16.7 Å². The van der Waals surface area contributed by atoms with Crippen LogP contribution in [0.4, 0.5) is 17.6 Å². The molecule has 1 fully saturated rings. The van der Waals surface area contributed by atoms with E-state index in [9.17, 15) is 27.5 Å². The number of alkyl halides is 4. The van der Waals surface area contributed by atoms with Crippen molar-refractivity contribution in [3.05, 3.63) is 29.5 Å². The number of hydrogen-bond donors (Lipinski definition) is 1. The first-order valence-corrected chi connectivity index (χ1v) is 11.8. The highest BCUT2D eigenvalue weighted by Crippen LogP contribution is 2.45. The van der Waals surface area contributed by atoms with Gasteiger partial charge in [-0.05, 0) is 36.3 Å². The molecule has 0 amide bonds. The number of nitrogens with zero attached hydrogens (tertiary/aromatic N) is 3. The molecule has 1 saturated heterocycles. The Balaban J connectivity index is 1.84. The van der Waals surface area contributed by atoms with Gasteiger partial charge >= 0.3 is 12.6 Å². The smallest absolute Gasteiger partial charge is 0.388 e. The van der Waals surface area contributed by atoms with Crippen molar-refractivity contribution in [1.29, 1.82) is 0 Å². The minimum absolute atomic E-state index is 0.0150. The highest BCUT2D eigenvalue weighted by molar-refractivity contribution is 7.15. The van der Waals surface area contributed by atoms with Gasteiger partial charge in [-0.2, -0.15) is 8.78 Å². The molecule has 6 nitrogen and oxygen atoms in total. The number of aromatic nitrogens is 2. The van der Waals surface area contributed by atoms with Crippen LogP contribution in [-0.2, 0) is 11.3 Å². The first-order chi connectivity index (χ1) is 15.9. The number of piperidine rings is 1. The average Bonchev–Trinajstić information content (AvgIpc) is 3.19. The molecule has 0 saturated carbocycles. The van der Waals surface area contributed by atoms with Crippen LogP contribution < -0.4 is 4.74 Å². The predicted molar refractivity (Wildman–Crippen MR) is 120 cm³/mol. The average molecular weight is 504 g/mol.